The summed E-state index contributed by atoms with van der Waals surface area (Å²) in [5, 5.41) is 0.121. The van der Waals surface area contributed by atoms with E-state index in [1.165, 1.54) is 18.9 Å². The predicted octanol–water partition coefficient (Wildman–Crippen LogP) is 3.04. The first-order valence-electron chi connectivity index (χ1n) is 5.88. The number of thioether (sulfide) groups is 1. The number of carbonyl (C=O) groups excluding carboxylic acids is 2. The van der Waals surface area contributed by atoms with E-state index in [9.17, 15) is 9.59 Å². The van der Waals surface area contributed by atoms with Gasteiger partial charge in [0.15, 0.2) is 5.12 Å². The van der Waals surface area contributed by atoms with Crippen molar-refractivity contribution in [3.05, 3.63) is 35.9 Å². The van der Waals surface area contributed by atoms with Crippen molar-refractivity contribution in [3.8, 4) is 0 Å². The Kier molecular flexibility index (Phi) is 6.50. The molecular formula is C14H18O3S. The molecule has 1 atom stereocenters. The van der Waals surface area contributed by atoms with Gasteiger partial charge in [-0.2, -0.15) is 0 Å². The lowest BCUT2D eigenvalue weighted by Gasteiger charge is -2.08. The monoisotopic (exact) mass is 266 g/mol. The van der Waals surface area contributed by atoms with Gasteiger partial charge in [0.1, 0.15) is 0 Å². The maximum atomic E-state index is 11.7. The number of hydrogen-bond donors (Lipinski definition) is 0. The molecule has 0 bridgehead atoms. The summed E-state index contributed by atoms with van der Waals surface area (Å²) in [4.78, 5) is 22.8. The van der Waals surface area contributed by atoms with E-state index in [0.29, 0.717) is 18.6 Å². The minimum absolute atomic E-state index is 0.0354. The maximum absolute atomic E-state index is 11.7. The second-order valence-corrected chi connectivity index (χ2v) is 5.27. The first kappa shape index (κ1) is 14.8. The second kappa shape index (κ2) is 7.93. The molecule has 0 spiro atoms. The fraction of sp³-hybridized carbons (Fsp3) is 0.429. The molecule has 0 amide bonds. The van der Waals surface area contributed by atoms with Crippen LogP contribution in [0.25, 0.3) is 0 Å². The highest BCUT2D eigenvalue weighted by molar-refractivity contribution is 8.12. The van der Waals surface area contributed by atoms with Crippen LogP contribution in [0.15, 0.2) is 30.3 Å². The van der Waals surface area contributed by atoms with Gasteiger partial charge < -0.3 is 4.74 Å². The Morgan fingerprint density at radius 1 is 1.22 bits per heavy atom. The Bertz CT molecular complexity index is 389. The van der Waals surface area contributed by atoms with Gasteiger partial charge in [0, 0.05) is 18.6 Å². The van der Waals surface area contributed by atoms with E-state index < -0.39 is 0 Å². The molecular weight excluding hydrogens is 248 g/mol. The SMILES string of the molecule is COC(=O)C[C@H](C)CC(=O)SCc1ccccc1. The summed E-state index contributed by atoms with van der Waals surface area (Å²) in [6.07, 6.45) is 0.709. The molecule has 18 heavy (non-hydrogen) atoms. The number of methoxy groups -OCH3 is 1. The summed E-state index contributed by atoms with van der Waals surface area (Å²) in [6, 6.07) is 9.87. The van der Waals surface area contributed by atoms with Crippen LogP contribution >= 0.6 is 11.8 Å². The van der Waals surface area contributed by atoms with Crippen molar-refractivity contribution >= 4 is 22.8 Å². The van der Waals surface area contributed by atoms with E-state index in [4.69, 9.17) is 0 Å². The van der Waals surface area contributed by atoms with E-state index in [2.05, 4.69) is 4.74 Å². The van der Waals surface area contributed by atoms with Crippen molar-refractivity contribution in [2.24, 2.45) is 5.92 Å². The summed E-state index contributed by atoms with van der Waals surface area (Å²) in [7, 11) is 1.36. The zero-order chi connectivity index (χ0) is 13.4. The normalized spacial score (nSPS) is 11.9. The van der Waals surface area contributed by atoms with Crippen LogP contribution in [0, 0.1) is 5.92 Å². The van der Waals surface area contributed by atoms with Crippen LogP contribution < -0.4 is 0 Å². The van der Waals surface area contributed by atoms with Gasteiger partial charge in [-0.25, -0.2) is 0 Å². The Morgan fingerprint density at radius 3 is 2.50 bits per heavy atom. The first-order valence-corrected chi connectivity index (χ1v) is 6.86. The van der Waals surface area contributed by atoms with Crippen LogP contribution in [0.2, 0.25) is 0 Å². The van der Waals surface area contributed by atoms with Gasteiger partial charge in [0.2, 0.25) is 0 Å². The quantitative estimate of drug-likeness (QED) is 0.742. The Hall–Kier alpha value is -1.29. The number of rotatable bonds is 6. The largest absolute Gasteiger partial charge is 0.469 e. The molecule has 0 fully saturated rings. The molecule has 0 saturated heterocycles. The van der Waals surface area contributed by atoms with Crippen LogP contribution in [0.1, 0.15) is 25.3 Å². The number of carbonyl (C=O) groups is 2. The minimum atomic E-state index is -0.261. The highest BCUT2D eigenvalue weighted by atomic mass is 32.2. The Labute approximate surface area is 112 Å². The summed E-state index contributed by atoms with van der Waals surface area (Å²) >= 11 is 1.30. The second-order valence-electron chi connectivity index (χ2n) is 4.24. The van der Waals surface area contributed by atoms with Crippen LogP contribution in [-0.4, -0.2) is 18.2 Å². The van der Waals surface area contributed by atoms with Crippen molar-refractivity contribution in [2.45, 2.75) is 25.5 Å². The number of benzene rings is 1. The lowest BCUT2D eigenvalue weighted by Crippen LogP contribution is -2.10. The van der Waals surface area contributed by atoms with Crippen molar-refractivity contribution in [1.29, 1.82) is 0 Å². The first-order chi connectivity index (χ1) is 8.61. The van der Waals surface area contributed by atoms with Gasteiger partial charge in [-0.15, -0.1) is 0 Å². The van der Waals surface area contributed by atoms with Crippen molar-refractivity contribution in [2.75, 3.05) is 7.11 Å². The average Bonchev–Trinajstić information content (AvgIpc) is 2.37. The molecule has 0 N–H and O–H groups in total. The number of ether oxygens (including phenoxy) is 1. The fourth-order valence-corrected chi connectivity index (χ4v) is 2.44. The zero-order valence-corrected chi connectivity index (χ0v) is 11.5. The minimum Gasteiger partial charge on any atom is -0.469 e. The molecule has 0 aliphatic rings. The predicted molar refractivity (Wildman–Crippen MR) is 73.2 cm³/mol. The van der Waals surface area contributed by atoms with Crippen LogP contribution in [-0.2, 0) is 20.1 Å². The van der Waals surface area contributed by atoms with Gasteiger partial charge in [0.25, 0.3) is 0 Å². The van der Waals surface area contributed by atoms with Crippen molar-refractivity contribution in [1.82, 2.24) is 0 Å². The van der Waals surface area contributed by atoms with Gasteiger partial charge in [-0.05, 0) is 11.5 Å². The molecule has 4 heteroatoms. The topological polar surface area (TPSA) is 43.4 Å². The van der Waals surface area contributed by atoms with E-state index in [1.807, 2.05) is 37.3 Å². The summed E-state index contributed by atoms with van der Waals surface area (Å²) < 4.78 is 4.57. The van der Waals surface area contributed by atoms with Crippen molar-refractivity contribution < 1.29 is 14.3 Å². The Morgan fingerprint density at radius 2 is 1.89 bits per heavy atom. The molecule has 98 valence electrons. The van der Waals surface area contributed by atoms with E-state index in [-0.39, 0.29) is 17.0 Å². The van der Waals surface area contributed by atoms with E-state index in [0.717, 1.165) is 5.56 Å². The lowest BCUT2D eigenvalue weighted by atomic mass is 10.1. The molecule has 0 aliphatic heterocycles. The average molecular weight is 266 g/mol. The summed E-state index contributed by atoms with van der Waals surface area (Å²) in [5.74, 6) is 0.460. The molecule has 0 unspecified atom stereocenters. The third kappa shape index (κ3) is 5.87. The molecule has 0 radical (unpaired) electrons. The molecule has 0 aromatic heterocycles. The molecule has 0 aliphatic carbocycles. The van der Waals surface area contributed by atoms with Gasteiger partial charge in [-0.1, -0.05) is 49.0 Å². The third-order valence-electron chi connectivity index (χ3n) is 2.50. The van der Waals surface area contributed by atoms with Gasteiger partial charge >= 0.3 is 5.97 Å². The molecule has 0 saturated carbocycles. The zero-order valence-electron chi connectivity index (χ0n) is 10.7. The highest BCUT2D eigenvalue weighted by Crippen LogP contribution is 2.18. The number of hydrogen-bond acceptors (Lipinski definition) is 4. The smallest absolute Gasteiger partial charge is 0.305 e. The standard InChI is InChI=1S/C14H18O3S/c1-11(8-13(15)17-2)9-14(16)18-10-12-6-4-3-5-7-12/h3-7,11H,8-10H2,1-2H3/t11-/m0/s1. The third-order valence-corrected chi connectivity index (χ3v) is 3.47. The highest BCUT2D eigenvalue weighted by Gasteiger charge is 2.13. The molecule has 1 rings (SSSR count). The number of esters is 1. The van der Waals surface area contributed by atoms with E-state index in [1.54, 1.807) is 0 Å². The molecule has 0 heterocycles. The summed E-state index contributed by atoms with van der Waals surface area (Å²) in [5.41, 5.74) is 1.14. The molecule has 1 aromatic carbocycles. The van der Waals surface area contributed by atoms with Crippen LogP contribution in [0.4, 0.5) is 0 Å². The molecule has 3 nitrogen and oxygen atoms in total. The van der Waals surface area contributed by atoms with Crippen LogP contribution in [0.5, 0.6) is 0 Å². The Balaban J connectivity index is 2.27. The molecule has 1 aromatic rings. The van der Waals surface area contributed by atoms with Gasteiger partial charge in [0.05, 0.1) is 7.11 Å². The summed E-state index contributed by atoms with van der Waals surface area (Å²) in [6.45, 7) is 1.89. The lowest BCUT2D eigenvalue weighted by molar-refractivity contribution is -0.141. The van der Waals surface area contributed by atoms with Crippen molar-refractivity contribution in [3.63, 3.8) is 0 Å². The fourth-order valence-electron chi connectivity index (χ4n) is 1.52. The van der Waals surface area contributed by atoms with Crippen LogP contribution in [0.3, 0.4) is 0 Å². The maximum Gasteiger partial charge on any atom is 0.305 e. The van der Waals surface area contributed by atoms with E-state index >= 15 is 0 Å². The van der Waals surface area contributed by atoms with Gasteiger partial charge in [-0.3, -0.25) is 9.59 Å².